The van der Waals surface area contributed by atoms with Gasteiger partial charge in [0.25, 0.3) is 0 Å². The van der Waals surface area contributed by atoms with Crippen LogP contribution in [0, 0.1) is 6.92 Å². The van der Waals surface area contributed by atoms with Crippen molar-refractivity contribution in [3.63, 3.8) is 0 Å². The van der Waals surface area contributed by atoms with Gasteiger partial charge in [0.05, 0.1) is 16.3 Å². The Balaban J connectivity index is 1.91. The van der Waals surface area contributed by atoms with Gasteiger partial charge in [0.2, 0.25) is 0 Å². The molecule has 0 bridgehead atoms. The fourth-order valence-corrected chi connectivity index (χ4v) is 3.62. The minimum atomic E-state index is -1.05. The number of aliphatic carboxylic acids is 1. The number of hydrogen-bond acceptors (Lipinski definition) is 4. The SMILES string of the molecule is Cc1ccc(N2Sc3ccc(O[C@H](C)C(=O)O)cc3N(C)C2=O)cc1Cl. The number of fused-ring (bicyclic) bond motifs is 1. The molecule has 0 radical (unpaired) electrons. The number of aryl methyl sites for hydroxylation is 1. The van der Waals surface area contributed by atoms with Gasteiger partial charge in [-0.15, -0.1) is 0 Å². The third kappa shape index (κ3) is 3.45. The average molecular weight is 393 g/mol. The number of carbonyl (C=O) groups excluding carboxylic acids is 1. The summed E-state index contributed by atoms with van der Waals surface area (Å²) in [4.78, 5) is 26.1. The predicted molar refractivity (Wildman–Crippen MR) is 102 cm³/mol. The van der Waals surface area contributed by atoms with Crippen LogP contribution in [0.15, 0.2) is 41.3 Å². The number of halogens is 1. The van der Waals surface area contributed by atoms with Crippen LogP contribution in [0.1, 0.15) is 12.5 Å². The highest BCUT2D eigenvalue weighted by atomic mass is 35.5. The summed E-state index contributed by atoms with van der Waals surface area (Å²) >= 11 is 7.47. The Morgan fingerprint density at radius 2 is 2.00 bits per heavy atom. The van der Waals surface area contributed by atoms with E-state index >= 15 is 0 Å². The topological polar surface area (TPSA) is 70.1 Å². The number of carboxylic acid groups (broad SMARTS) is 1. The van der Waals surface area contributed by atoms with Gasteiger partial charge >= 0.3 is 12.0 Å². The molecular formula is C18H17ClN2O4S. The molecule has 8 heteroatoms. The van der Waals surface area contributed by atoms with Crippen molar-refractivity contribution < 1.29 is 19.4 Å². The van der Waals surface area contributed by atoms with Gasteiger partial charge in [-0.2, -0.15) is 0 Å². The summed E-state index contributed by atoms with van der Waals surface area (Å²) in [7, 11) is 1.66. The Bertz CT molecular complexity index is 889. The Labute approximate surface area is 160 Å². The number of urea groups is 1. The van der Waals surface area contributed by atoms with Gasteiger partial charge in [0.1, 0.15) is 5.75 Å². The third-order valence-corrected chi connectivity index (χ3v) is 5.49. The zero-order chi connectivity index (χ0) is 19.0. The molecule has 0 aromatic heterocycles. The van der Waals surface area contributed by atoms with Crippen LogP contribution in [-0.4, -0.2) is 30.3 Å². The van der Waals surface area contributed by atoms with Crippen LogP contribution < -0.4 is 13.9 Å². The van der Waals surface area contributed by atoms with E-state index in [1.54, 1.807) is 35.6 Å². The van der Waals surface area contributed by atoms with Gasteiger partial charge in [-0.05, 0) is 55.6 Å². The van der Waals surface area contributed by atoms with E-state index < -0.39 is 12.1 Å². The molecule has 0 saturated heterocycles. The van der Waals surface area contributed by atoms with Gasteiger partial charge in [-0.3, -0.25) is 4.90 Å². The molecule has 1 atom stereocenters. The summed E-state index contributed by atoms with van der Waals surface area (Å²) in [6.07, 6.45) is -0.975. The Hall–Kier alpha value is -2.38. The Morgan fingerprint density at radius 3 is 2.65 bits per heavy atom. The second kappa shape index (κ2) is 7.09. The fourth-order valence-electron chi connectivity index (χ4n) is 2.41. The lowest BCUT2D eigenvalue weighted by Crippen LogP contribution is -2.40. The van der Waals surface area contributed by atoms with Crippen LogP contribution in [0.2, 0.25) is 5.02 Å². The van der Waals surface area contributed by atoms with Crippen LogP contribution in [0.25, 0.3) is 0 Å². The molecular weight excluding hydrogens is 376 g/mol. The number of ether oxygens (including phenoxy) is 1. The second-order valence-electron chi connectivity index (χ2n) is 5.89. The smallest absolute Gasteiger partial charge is 0.344 e. The van der Waals surface area contributed by atoms with E-state index in [4.69, 9.17) is 21.4 Å². The van der Waals surface area contributed by atoms with Gasteiger partial charge in [-0.1, -0.05) is 17.7 Å². The summed E-state index contributed by atoms with van der Waals surface area (Å²) in [5, 5.41) is 9.56. The Kier molecular flexibility index (Phi) is 5.02. The molecule has 2 aromatic carbocycles. The largest absolute Gasteiger partial charge is 0.479 e. The summed E-state index contributed by atoms with van der Waals surface area (Å²) in [5.74, 6) is -0.658. The first-order valence-corrected chi connectivity index (χ1v) is 8.98. The number of nitrogens with zero attached hydrogens (tertiary/aromatic N) is 2. The van der Waals surface area contributed by atoms with Crippen LogP contribution in [0.4, 0.5) is 16.2 Å². The molecule has 0 saturated carbocycles. The van der Waals surface area contributed by atoms with Crippen LogP contribution in [0.3, 0.4) is 0 Å². The van der Waals surface area contributed by atoms with Crippen LogP contribution in [-0.2, 0) is 4.79 Å². The number of carbonyl (C=O) groups is 2. The first-order chi connectivity index (χ1) is 12.3. The molecule has 1 aliphatic heterocycles. The van der Waals surface area contributed by atoms with Crippen molar-refractivity contribution in [2.24, 2.45) is 0 Å². The molecule has 0 unspecified atom stereocenters. The molecule has 0 fully saturated rings. The van der Waals surface area contributed by atoms with Gasteiger partial charge in [0, 0.05) is 18.1 Å². The lowest BCUT2D eigenvalue weighted by atomic mass is 10.2. The molecule has 0 aliphatic carbocycles. The molecule has 6 nitrogen and oxygen atoms in total. The number of rotatable bonds is 4. The zero-order valence-corrected chi connectivity index (χ0v) is 16.0. The van der Waals surface area contributed by atoms with Crippen LogP contribution >= 0.6 is 23.5 Å². The zero-order valence-electron chi connectivity index (χ0n) is 14.4. The molecule has 3 rings (SSSR count). The fraction of sp³-hybridized carbons (Fsp3) is 0.222. The van der Waals surface area contributed by atoms with Crippen LogP contribution in [0.5, 0.6) is 5.75 Å². The maximum absolute atomic E-state index is 12.8. The Morgan fingerprint density at radius 1 is 1.27 bits per heavy atom. The predicted octanol–water partition coefficient (Wildman–Crippen LogP) is 4.58. The average Bonchev–Trinajstić information content (AvgIpc) is 2.60. The monoisotopic (exact) mass is 392 g/mol. The molecule has 136 valence electrons. The minimum absolute atomic E-state index is 0.231. The van der Waals surface area contributed by atoms with E-state index in [9.17, 15) is 9.59 Å². The van der Waals surface area contributed by atoms with E-state index in [2.05, 4.69) is 0 Å². The molecule has 1 aliphatic rings. The molecule has 26 heavy (non-hydrogen) atoms. The third-order valence-electron chi connectivity index (χ3n) is 3.99. The molecule has 2 aromatic rings. The lowest BCUT2D eigenvalue weighted by Gasteiger charge is -2.34. The number of hydrogen-bond donors (Lipinski definition) is 1. The number of benzene rings is 2. The van der Waals surface area contributed by atoms with E-state index in [0.717, 1.165) is 10.5 Å². The highest BCUT2D eigenvalue weighted by molar-refractivity contribution is 8.01. The number of anilines is 2. The summed E-state index contributed by atoms with van der Waals surface area (Å²) in [6, 6.07) is 10.4. The first kappa shape index (κ1) is 18.4. The number of carboxylic acids is 1. The molecule has 0 spiro atoms. The lowest BCUT2D eigenvalue weighted by molar-refractivity contribution is -0.144. The van der Waals surface area contributed by atoms with Crippen molar-refractivity contribution in [3.05, 3.63) is 47.0 Å². The number of amides is 2. The summed E-state index contributed by atoms with van der Waals surface area (Å²) < 4.78 is 6.95. The van der Waals surface area contributed by atoms with Crippen molar-refractivity contribution >= 4 is 46.9 Å². The standard InChI is InChI=1S/C18H17ClN2O4S/c1-10-4-5-12(8-14(10)19)21-18(24)20(3)15-9-13(6-7-16(15)26-21)25-11(2)17(22)23/h4-9,11H,1-3H3,(H,22,23)/t11-/m1/s1. The second-order valence-corrected chi connectivity index (χ2v) is 7.28. The highest BCUT2D eigenvalue weighted by Crippen LogP contribution is 2.43. The van der Waals surface area contributed by atoms with Gasteiger partial charge in [0.15, 0.2) is 6.10 Å². The van der Waals surface area contributed by atoms with E-state index in [1.807, 2.05) is 19.1 Å². The molecule has 1 heterocycles. The maximum Gasteiger partial charge on any atom is 0.344 e. The summed E-state index contributed by atoms with van der Waals surface area (Å²) in [5.41, 5.74) is 2.28. The molecule has 2 amide bonds. The van der Waals surface area contributed by atoms with Crippen molar-refractivity contribution in [1.82, 2.24) is 0 Å². The van der Waals surface area contributed by atoms with E-state index in [-0.39, 0.29) is 6.03 Å². The quantitative estimate of drug-likeness (QED) is 0.771. The minimum Gasteiger partial charge on any atom is -0.479 e. The van der Waals surface area contributed by atoms with Gasteiger partial charge < -0.3 is 9.84 Å². The van der Waals surface area contributed by atoms with Crippen molar-refractivity contribution in [1.29, 1.82) is 0 Å². The van der Waals surface area contributed by atoms with Crippen molar-refractivity contribution in [3.8, 4) is 5.75 Å². The van der Waals surface area contributed by atoms with Crippen molar-refractivity contribution in [2.45, 2.75) is 24.8 Å². The van der Waals surface area contributed by atoms with Gasteiger partial charge in [-0.25, -0.2) is 13.9 Å². The van der Waals surface area contributed by atoms with Crippen molar-refractivity contribution in [2.75, 3.05) is 16.3 Å². The highest BCUT2D eigenvalue weighted by Gasteiger charge is 2.31. The normalized spacial score (nSPS) is 14.8. The summed E-state index contributed by atoms with van der Waals surface area (Å²) in [6.45, 7) is 3.35. The van der Waals surface area contributed by atoms with E-state index in [0.29, 0.717) is 22.1 Å². The van der Waals surface area contributed by atoms with E-state index in [1.165, 1.54) is 23.8 Å². The first-order valence-electron chi connectivity index (χ1n) is 7.83. The molecule has 1 N–H and O–H groups in total. The maximum atomic E-state index is 12.8.